The number of aldehydes is 1. The van der Waals surface area contributed by atoms with Crippen LogP contribution in [0.2, 0.25) is 0 Å². The maximum atomic E-state index is 13.0. The molecule has 2 aromatic carbocycles. The molecule has 5 nitrogen and oxygen atoms in total. The molecule has 0 amide bonds. The van der Waals surface area contributed by atoms with Gasteiger partial charge in [-0.3, -0.25) is 4.79 Å². The standard InChI is InChI=1S/C17H14FN3O2/c18-13-6-8-14(9-7-13)21-17(16(12-22)19-20-21)10-11-23-15-4-2-1-3-5-15/h1-9,12H,10-11H2. The summed E-state index contributed by atoms with van der Waals surface area (Å²) < 4.78 is 20.2. The van der Waals surface area contributed by atoms with Crippen LogP contribution in [0.1, 0.15) is 16.2 Å². The quantitative estimate of drug-likeness (QED) is 0.657. The van der Waals surface area contributed by atoms with E-state index >= 15 is 0 Å². The number of benzene rings is 2. The first kappa shape index (κ1) is 14.9. The fourth-order valence-corrected chi connectivity index (χ4v) is 2.21. The summed E-state index contributed by atoms with van der Waals surface area (Å²) in [7, 11) is 0. The van der Waals surface area contributed by atoms with Gasteiger partial charge >= 0.3 is 0 Å². The molecule has 0 aliphatic heterocycles. The maximum Gasteiger partial charge on any atom is 0.172 e. The molecule has 116 valence electrons. The van der Waals surface area contributed by atoms with Crippen molar-refractivity contribution in [3.63, 3.8) is 0 Å². The van der Waals surface area contributed by atoms with Crippen molar-refractivity contribution >= 4 is 6.29 Å². The van der Waals surface area contributed by atoms with E-state index in [4.69, 9.17) is 4.74 Å². The van der Waals surface area contributed by atoms with E-state index in [9.17, 15) is 9.18 Å². The Morgan fingerprint density at radius 3 is 2.52 bits per heavy atom. The molecule has 0 atom stereocenters. The Balaban J connectivity index is 1.79. The smallest absolute Gasteiger partial charge is 0.172 e. The lowest BCUT2D eigenvalue weighted by atomic mass is 10.2. The highest BCUT2D eigenvalue weighted by molar-refractivity contribution is 5.73. The highest BCUT2D eigenvalue weighted by Gasteiger charge is 2.14. The van der Waals surface area contributed by atoms with Gasteiger partial charge in [0.05, 0.1) is 18.0 Å². The third-order valence-electron chi connectivity index (χ3n) is 3.33. The Morgan fingerprint density at radius 2 is 1.83 bits per heavy atom. The van der Waals surface area contributed by atoms with Crippen LogP contribution in [0.4, 0.5) is 4.39 Å². The highest BCUT2D eigenvalue weighted by atomic mass is 19.1. The lowest BCUT2D eigenvalue weighted by Gasteiger charge is -2.08. The number of carbonyl (C=O) groups excluding carboxylic acids is 1. The number of aromatic nitrogens is 3. The average Bonchev–Trinajstić information content (AvgIpc) is 2.99. The summed E-state index contributed by atoms with van der Waals surface area (Å²) >= 11 is 0. The van der Waals surface area contributed by atoms with Crippen molar-refractivity contribution < 1.29 is 13.9 Å². The van der Waals surface area contributed by atoms with Crippen LogP contribution < -0.4 is 4.74 Å². The third kappa shape index (κ3) is 3.42. The van der Waals surface area contributed by atoms with Gasteiger partial charge in [-0.05, 0) is 36.4 Å². The van der Waals surface area contributed by atoms with Crippen LogP contribution in [0.5, 0.6) is 5.75 Å². The predicted molar refractivity (Wildman–Crippen MR) is 82.3 cm³/mol. The van der Waals surface area contributed by atoms with Crippen molar-refractivity contribution in [1.82, 2.24) is 15.0 Å². The van der Waals surface area contributed by atoms with Crippen molar-refractivity contribution in [3.05, 3.63) is 71.8 Å². The Kier molecular flexibility index (Phi) is 4.42. The van der Waals surface area contributed by atoms with Gasteiger partial charge in [-0.25, -0.2) is 9.07 Å². The summed E-state index contributed by atoms with van der Waals surface area (Å²) in [4.78, 5) is 11.1. The number of rotatable bonds is 6. The van der Waals surface area contributed by atoms with E-state index in [1.165, 1.54) is 16.8 Å². The normalized spacial score (nSPS) is 10.5. The van der Waals surface area contributed by atoms with Gasteiger partial charge in [0.1, 0.15) is 17.3 Å². The lowest BCUT2D eigenvalue weighted by molar-refractivity contribution is 0.111. The predicted octanol–water partition coefficient (Wildman–Crippen LogP) is 2.84. The second kappa shape index (κ2) is 6.83. The molecule has 0 saturated heterocycles. The van der Waals surface area contributed by atoms with Crippen LogP contribution in [-0.2, 0) is 6.42 Å². The van der Waals surface area contributed by atoms with Gasteiger partial charge in [0, 0.05) is 6.42 Å². The average molecular weight is 311 g/mol. The molecule has 0 N–H and O–H groups in total. The maximum absolute atomic E-state index is 13.0. The SMILES string of the molecule is O=Cc1nnn(-c2ccc(F)cc2)c1CCOc1ccccc1. The first-order valence-electron chi connectivity index (χ1n) is 7.11. The number of hydrogen-bond acceptors (Lipinski definition) is 4. The molecule has 0 unspecified atom stereocenters. The summed E-state index contributed by atoms with van der Waals surface area (Å²) in [5.74, 6) is 0.416. The summed E-state index contributed by atoms with van der Waals surface area (Å²) in [5, 5.41) is 7.82. The van der Waals surface area contributed by atoms with Crippen LogP contribution in [0.25, 0.3) is 5.69 Å². The lowest BCUT2D eigenvalue weighted by Crippen LogP contribution is -2.09. The Bertz CT molecular complexity index is 785. The van der Waals surface area contributed by atoms with E-state index < -0.39 is 0 Å². The molecule has 0 bridgehead atoms. The van der Waals surface area contributed by atoms with E-state index in [-0.39, 0.29) is 11.5 Å². The Morgan fingerprint density at radius 1 is 1.09 bits per heavy atom. The molecule has 3 aromatic rings. The van der Waals surface area contributed by atoms with Crippen LogP contribution in [-0.4, -0.2) is 27.9 Å². The van der Waals surface area contributed by atoms with Gasteiger partial charge in [-0.2, -0.15) is 0 Å². The summed E-state index contributed by atoms with van der Waals surface area (Å²) in [6, 6.07) is 15.2. The number of halogens is 1. The van der Waals surface area contributed by atoms with Gasteiger partial charge in [-0.1, -0.05) is 23.4 Å². The monoisotopic (exact) mass is 311 g/mol. The second-order valence-corrected chi connectivity index (χ2v) is 4.84. The van der Waals surface area contributed by atoms with Gasteiger partial charge < -0.3 is 4.74 Å². The first-order chi connectivity index (χ1) is 11.3. The molecule has 3 rings (SSSR count). The summed E-state index contributed by atoms with van der Waals surface area (Å²) in [5.41, 5.74) is 1.52. The Hall–Kier alpha value is -3.02. The molecule has 1 heterocycles. The summed E-state index contributed by atoms with van der Waals surface area (Å²) in [6.45, 7) is 0.374. The number of hydrogen-bond donors (Lipinski definition) is 0. The minimum absolute atomic E-state index is 0.256. The van der Waals surface area contributed by atoms with E-state index in [1.54, 1.807) is 12.1 Å². The first-order valence-corrected chi connectivity index (χ1v) is 7.11. The van der Waals surface area contributed by atoms with Gasteiger partial charge in [-0.15, -0.1) is 5.10 Å². The van der Waals surface area contributed by atoms with E-state index in [0.717, 1.165) is 5.75 Å². The molecular weight excluding hydrogens is 297 g/mol. The molecule has 0 saturated carbocycles. The molecule has 6 heteroatoms. The van der Waals surface area contributed by atoms with Crippen molar-refractivity contribution in [1.29, 1.82) is 0 Å². The molecule has 0 fully saturated rings. The molecule has 23 heavy (non-hydrogen) atoms. The van der Waals surface area contributed by atoms with Gasteiger partial charge in [0.25, 0.3) is 0 Å². The van der Waals surface area contributed by atoms with Crippen LogP contribution in [0.15, 0.2) is 54.6 Å². The van der Waals surface area contributed by atoms with Crippen molar-refractivity contribution in [2.45, 2.75) is 6.42 Å². The zero-order chi connectivity index (χ0) is 16.1. The summed E-state index contributed by atoms with van der Waals surface area (Å²) in [6.07, 6.45) is 1.11. The molecule has 0 radical (unpaired) electrons. The number of para-hydroxylation sites is 1. The molecular formula is C17H14FN3O2. The van der Waals surface area contributed by atoms with Crippen molar-refractivity contribution in [3.8, 4) is 11.4 Å². The topological polar surface area (TPSA) is 57.0 Å². The van der Waals surface area contributed by atoms with Crippen LogP contribution >= 0.6 is 0 Å². The number of nitrogens with zero attached hydrogens (tertiary/aromatic N) is 3. The van der Waals surface area contributed by atoms with E-state index in [0.29, 0.717) is 30.7 Å². The molecule has 1 aromatic heterocycles. The zero-order valence-corrected chi connectivity index (χ0v) is 12.2. The third-order valence-corrected chi connectivity index (χ3v) is 3.33. The minimum atomic E-state index is -0.335. The van der Waals surface area contributed by atoms with Gasteiger partial charge in [0.2, 0.25) is 0 Å². The number of ether oxygens (including phenoxy) is 1. The van der Waals surface area contributed by atoms with Crippen LogP contribution in [0.3, 0.4) is 0 Å². The molecule has 0 aliphatic carbocycles. The fourth-order valence-electron chi connectivity index (χ4n) is 2.21. The molecule has 0 spiro atoms. The van der Waals surface area contributed by atoms with Gasteiger partial charge in [0.15, 0.2) is 6.29 Å². The molecule has 0 aliphatic rings. The second-order valence-electron chi connectivity index (χ2n) is 4.84. The van der Waals surface area contributed by atoms with Crippen molar-refractivity contribution in [2.75, 3.05) is 6.61 Å². The highest BCUT2D eigenvalue weighted by Crippen LogP contribution is 2.15. The zero-order valence-electron chi connectivity index (χ0n) is 12.2. The van der Waals surface area contributed by atoms with E-state index in [2.05, 4.69) is 10.3 Å². The largest absolute Gasteiger partial charge is 0.493 e. The Labute approximate surface area is 132 Å². The minimum Gasteiger partial charge on any atom is -0.493 e. The van der Waals surface area contributed by atoms with E-state index in [1.807, 2.05) is 30.3 Å². The number of carbonyl (C=O) groups is 1. The fraction of sp³-hybridized carbons (Fsp3) is 0.118. The van der Waals surface area contributed by atoms with Crippen molar-refractivity contribution in [2.24, 2.45) is 0 Å². The van der Waals surface area contributed by atoms with Crippen LogP contribution in [0, 0.1) is 5.82 Å².